The van der Waals surface area contributed by atoms with Crippen LogP contribution in [-0.2, 0) is 0 Å². The van der Waals surface area contributed by atoms with Gasteiger partial charge in [0.15, 0.2) is 0 Å². The highest BCUT2D eigenvalue weighted by atomic mass is 14.7. The monoisotopic (exact) mass is 153 g/mol. The van der Waals surface area contributed by atoms with Crippen LogP contribution in [0.15, 0.2) is 16.6 Å². The lowest BCUT2D eigenvalue weighted by Gasteiger charge is -1.95. The summed E-state index contributed by atoms with van der Waals surface area (Å²) >= 11 is 0. The predicted molar refractivity (Wildman–Crippen MR) is 52.3 cm³/mol. The van der Waals surface area contributed by atoms with E-state index >= 15 is 0 Å². The van der Waals surface area contributed by atoms with Crippen molar-refractivity contribution in [3.8, 4) is 0 Å². The summed E-state index contributed by atoms with van der Waals surface area (Å²) < 4.78 is 0. The molecule has 0 radical (unpaired) electrons. The van der Waals surface area contributed by atoms with Crippen LogP contribution >= 0.6 is 0 Å². The third-order valence-electron chi connectivity index (χ3n) is 1.57. The molecule has 0 aliphatic heterocycles. The van der Waals surface area contributed by atoms with Crippen LogP contribution in [0.4, 0.5) is 0 Å². The van der Waals surface area contributed by atoms with E-state index < -0.39 is 0 Å². The van der Waals surface area contributed by atoms with Crippen molar-refractivity contribution in [2.24, 2.45) is 4.99 Å². The molecule has 0 spiro atoms. The van der Waals surface area contributed by atoms with Crippen LogP contribution in [0.5, 0.6) is 0 Å². The van der Waals surface area contributed by atoms with Gasteiger partial charge >= 0.3 is 0 Å². The molecule has 11 heavy (non-hydrogen) atoms. The fourth-order valence-corrected chi connectivity index (χ4v) is 0.935. The second-order valence-corrected chi connectivity index (χ2v) is 3.08. The second kappa shape index (κ2) is 7.52. The van der Waals surface area contributed by atoms with Gasteiger partial charge in [0, 0.05) is 6.54 Å². The normalized spacial score (nSPS) is 9.27. The molecule has 0 atom stereocenters. The number of allylic oxidation sites excluding steroid dienone is 2. The van der Waals surface area contributed by atoms with Gasteiger partial charge in [0.05, 0.1) is 0 Å². The zero-order valence-electron chi connectivity index (χ0n) is 7.77. The highest BCUT2D eigenvalue weighted by Crippen LogP contribution is 2.02. The quantitative estimate of drug-likeness (QED) is 0.315. The van der Waals surface area contributed by atoms with Crippen molar-refractivity contribution >= 4 is 6.72 Å². The smallest absolute Gasteiger partial charge is 0.0382 e. The largest absolute Gasteiger partial charge is 0.301 e. The lowest BCUT2D eigenvalue weighted by molar-refractivity contribution is 0.696. The molecule has 0 rings (SSSR count). The van der Waals surface area contributed by atoms with E-state index in [1.807, 2.05) is 0 Å². The zero-order chi connectivity index (χ0) is 8.53. The molecule has 0 unspecified atom stereocenters. The summed E-state index contributed by atoms with van der Waals surface area (Å²) in [5, 5.41) is 0. The van der Waals surface area contributed by atoms with Crippen LogP contribution in [0.1, 0.15) is 39.5 Å². The van der Waals surface area contributed by atoms with Crippen molar-refractivity contribution in [2.75, 3.05) is 6.54 Å². The van der Waals surface area contributed by atoms with Gasteiger partial charge in [-0.05, 0) is 39.8 Å². The summed E-state index contributed by atoms with van der Waals surface area (Å²) in [6, 6.07) is 0. The van der Waals surface area contributed by atoms with Gasteiger partial charge in [-0.25, -0.2) is 0 Å². The average Bonchev–Trinajstić information content (AvgIpc) is 1.96. The number of rotatable bonds is 6. The summed E-state index contributed by atoms with van der Waals surface area (Å²) in [7, 11) is 0. The Morgan fingerprint density at radius 3 is 2.55 bits per heavy atom. The Morgan fingerprint density at radius 1 is 1.27 bits per heavy atom. The number of hydrogen-bond donors (Lipinski definition) is 0. The zero-order valence-corrected chi connectivity index (χ0v) is 7.77. The second-order valence-electron chi connectivity index (χ2n) is 3.08. The van der Waals surface area contributed by atoms with Gasteiger partial charge in [-0.1, -0.05) is 18.1 Å². The van der Waals surface area contributed by atoms with Gasteiger partial charge < -0.3 is 4.99 Å². The predicted octanol–water partition coefficient (Wildman–Crippen LogP) is 3.21. The van der Waals surface area contributed by atoms with Crippen LogP contribution in [0, 0.1) is 0 Å². The van der Waals surface area contributed by atoms with Gasteiger partial charge in [0.25, 0.3) is 0 Å². The first kappa shape index (κ1) is 10.4. The Hall–Kier alpha value is -0.590. The maximum Gasteiger partial charge on any atom is 0.0382 e. The van der Waals surface area contributed by atoms with Crippen molar-refractivity contribution in [1.29, 1.82) is 0 Å². The van der Waals surface area contributed by atoms with E-state index in [-0.39, 0.29) is 0 Å². The summed E-state index contributed by atoms with van der Waals surface area (Å²) in [6.07, 6.45) is 7.28. The Labute approximate surface area is 70.2 Å². The summed E-state index contributed by atoms with van der Waals surface area (Å²) in [4.78, 5) is 3.80. The summed E-state index contributed by atoms with van der Waals surface area (Å²) in [6.45, 7) is 8.66. The highest BCUT2D eigenvalue weighted by molar-refractivity contribution is 5.22. The maximum absolute atomic E-state index is 3.80. The fraction of sp³-hybridized carbons (Fsp3) is 0.700. The molecule has 0 aromatic heterocycles. The number of unbranched alkanes of at least 4 members (excludes halogenated alkanes) is 3. The van der Waals surface area contributed by atoms with Crippen molar-refractivity contribution in [3.63, 3.8) is 0 Å². The van der Waals surface area contributed by atoms with Crippen LogP contribution < -0.4 is 0 Å². The van der Waals surface area contributed by atoms with Crippen molar-refractivity contribution in [2.45, 2.75) is 39.5 Å². The van der Waals surface area contributed by atoms with Gasteiger partial charge in [0.2, 0.25) is 0 Å². The molecule has 0 fully saturated rings. The third kappa shape index (κ3) is 9.41. The molecular formula is C10H19N. The van der Waals surface area contributed by atoms with Gasteiger partial charge in [-0.3, -0.25) is 0 Å². The molecule has 64 valence electrons. The summed E-state index contributed by atoms with van der Waals surface area (Å²) in [5.41, 5.74) is 1.42. The number of nitrogens with zero attached hydrogens (tertiary/aromatic N) is 1. The van der Waals surface area contributed by atoms with E-state index in [4.69, 9.17) is 0 Å². The first-order chi connectivity index (χ1) is 5.27. The molecule has 0 aliphatic rings. The molecule has 0 aromatic carbocycles. The van der Waals surface area contributed by atoms with E-state index in [0.717, 1.165) is 6.54 Å². The molecule has 1 nitrogen and oxygen atoms in total. The number of hydrogen-bond acceptors (Lipinski definition) is 1. The van der Waals surface area contributed by atoms with E-state index in [1.54, 1.807) is 0 Å². The van der Waals surface area contributed by atoms with E-state index in [1.165, 1.54) is 31.3 Å². The van der Waals surface area contributed by atoms with Crippen LogP contribution in [0.3, 0.4) is 0 Å². The lowest BCUT2D eigenvalue weighted by Crippen LogP contribution is -1.80. The minimum atomic E-state index is 0.925. The molecule has 1 heteroatoms. The third-order valence-corrected chi connectivity index (χ3v) is 1.57. The molecule has 0 saturated heterocycles. The van der Waals surface area contributed by atoms with Crippen molar-refractivity contribution < 1.29 is 0 Å². The highest BCUT2D eigenvalue weighted by Gasteiger charge is 1.85. The van der Waals surface area contributed by atoms with Gasteiger partial charge in [0.1, 0.15) is 0 Å². The van der Waals surface area contributed by atoms with Crippen molar-refractivity contribution in [1.82, 2.24) is 0 Å². The number of aliphatic imine (C=N–C) groups is 1. The molecular weight excluding hydrogens is 134 g/mol. The Morgan fingerprint density at radius 2 is 2.00 bits per heavy atom. The fourth-order valence-electron chi connectivity index (χ4n) is 0.935. The SMILES string of the molecule is C=NCCCCCC=C(C)C. The van der Waals surface area contributed by atoms with E-state index in [2.05, 4.69) is 31.6 Å². The van der Waals surface area contributed by atoms with Crippen LogP contribution in [0.2, 0.25) is 0 Å². The minimum Gasteiger partial charge on any atom is -0.301 e. The first-order valence-electron chi connectivity index (χ1n) is 4.33. The summed E-state index contributed by atoms with van der Waals surface area (Å²) in [5.74, 6) is 0. The topological polar surface area (TPSA) is 12.4 Å². The van der Waals surface area contributed by atoms with Crippen molar-refractivity contribution in [3.05, 3.63) is 11.6 Å². The molecule has 0 N–H and O–H groups in total. The minimum absolute atomic E-state index is 0.925. The first-order valence-corrected chi connectivity index (χ1v) is 4.33. The van der Waals surface area contributed by atoms with E-state index in [9.17, 15) is 0 Å². The van der Waals surface area contributed by atoms with Crippen LogP contribution in [0.25, 0.3) is 0 Å². The van der Waals surface area contributed by atoms with Gasteiger partial charge in [-0.15, -0.1) is 0 Å². The molecule has 0 bridgehead atoms. The molecule has 0 saturated carbocycles. The Kier molecular flexibility index (Phi) is 7.11. The average molecular weight is 153 g/mol. The molecule has 0 aromatic rings. The van der Waals surface area contributed by atoms with Gasteiger partial charge in [-0.2, -0.15) is 0 Å². The van der Waals surface area contributed by atoms with Crippen LogP contribution in [-0.4, -0.2) is 13.3 Å². The lowest BCUT2D eigenvalue weighted by atomic mass is 10.1. The van der Waals surface area contributed by atoms with E-state index in [0.29, 0.717) is 0 Å². The molecule has 0 heterocycles. The molecule has 0 amide bonds. The Balaban J connectivity index is 3.02. The standard InChI is InChI=1S/C10H19N/c1-10(2)8-6-4-5-7-9-11-3/h8H,3-7,9H2,1-2H3. The molecule has 0 aliphatic carbocycles. The Bertz CT molecular complexity index is 121. The maximum atomic E-state index is 3.80.